The van der Waals surface area contributed by atoms with Gasteiger partial charge in [0.2, 0.25) is 0 Å². The van der Waals surface area contributed by atoms with E-state index in [9.17, 15) is 0 Å². The SMILES string of the molecule is CCCCCCCCCCCCCCCCCCCc1ccc[n+](CCCCCCCCCCCCCCCC)c1. The summed E-state index contributed by atoms with van der Waals surface area (Å²) in [7, 11) is 0. The molecule has 1 rings (SSSR count). The molecule has 1 heteroatoms. The summed E-state index contributed by atoms with van der Waals surface area (Å²) >= 11 is 0. The molecule has 1 aromatic rings. The van der Waals surface area contributed by atoms with Crippen LogP contribution in [0.15, 0.2) is 24.5 Å². The fourth-order valence-corrected chi connectivity index (χ4v) is 6.41. The monoisotopic (exact) mass is 571 g/mol. The number of aryl methyl sites for hydroxylation is 2. The Kier molecular flexibility index (Phi) is 29.9. The van der Waals surface area contributed by atoms with Gasteiger partial charge in [-0.15, -0.1) is 0 Å². The van der Waals surface area contributed by atoms with Crippen molar-refractivity contribution in [1.29, 1.82) is 0 Å². The van der Waals surface area contributed by atoms with Crippen LogP contribution in [0, 0.1) is 0 Å². The van der Waals surface area contributed by atoms with Crippen molar-refractivity contribution in [3.05, 3.63) is 30.1 Å². The van der Waals surface area contributed by atoms with Gasteiger partial charge in [-0.2, -0.15) is 0 Å². The second kappa shape index (κ2) is 32.1. The molecule has 0 bridgehead atoms. The Morgan fingerprint density at radius 1 is 0.390 bits per heavy atom. The summed E-state index contributed by atoms with van der Waals surface area (Å²) in [4.78, 5) is 0. The highest BCUT2D eigenvalue weighted by molar-refractivity contribution is 5.05. The highest BCUT2D eigenvalue weighted by atomic mass is 14.9. The van der Waals surface area contributed by atoms with Crippen molar-refractivity contribution in [3.8, 4) is 0 Å². The standard InChI is InChI=1S/C40H76N/c1-3-5-7-9-11-13-15-17-19-20-21-22-24-26-28-30-32-35-40-36-34-38-41(39-40)37-33-31-29-27-25-23-18-16-14-12-10-8-6-4-2/h34,36,38-39H,3-33,35,37H2,1-2H3/q+1. The van der Waals surface area contributed by atoms with E-state index in [1.165, 1.54) is 212 Å². The molecule has 1 nitrogen and oxygen atoms in total. The van der Waals surface area contributed by atoms with Crippen LogP contribution in [0.3, 0.4) is 0 Å². The molecule has 0 N–H and O–H groups in total. The Bertz CT molecular complexity index is 623. The first-order chi connectivity index (χ1) is 20.4. The molecule has 0 aliphatic heterocycles. The summed E-state index contributed by atoms with van der Waals surface area (Å²) in [5.41, 5.74) is 1.54. The zero-order valence-electron chi connectivity index (χ0n) is 28.6. The number of unbranched alkanes of at least 4 members (excludes halogenated alkanes) is 29. The maximum atomic E-state index is 2.45. The average molecular weight is 571 g/mol. The third-order valence-electron chi connectivity index (χ3n) is 9.26. The van der Waals surface area contributed by atoms with Gasteiger partial charge >= 0.3 is 0 Å². The van der Waals surface area contributed by atoms with Crippen molar-refractivity contribution in [3.63, 3.8) is 0 Å². The average Bonchev–Trinajstić information content (AvgIpc) is 2.99. The van der Waals surface area contributed by atoms with Gasteiger partial charge in [0.15, 0.2) is 12.4 Å². The van der Waals surface area contributed by atoms with Gasteiger partial charge in [-0.05, 0) is 25.3 Å². The topological polar surface area (TPSA) is 3.88 Å². The smallest absolute Gasteiger partial charge is 0.171 e. The van der Waals surface area contributed by atoms with Gasteiger partial charge < -0.3 is 0 Å². The summed E-state index contributed by atoms with van der Waals surface area (Å²) in [5, 5.41) is 0. The van der Waals surface area contributed by atoms with Crippen LogP contribution in [0.25, 0.3) is 0 Å². The third-order valence-corrected chi connectivity index (χ3v) is 9.26. The van der Waals surface area contributed by atoms with Crippen LogP contribution in [0.1, 0.15) is 218 Å². The number of pyridine rings is 1. The molecule has 0 saturated heterocycles. The number of hydrogen-bond acceptors (Lipinski definition) is 0. The third kappa shape index (κ3) is 27.7. The van der Waals surface area contributed by atoms with Gasteiger partial charge in [0.1, 0.15) is 6.54 Å². The lowest BCUT2D eigenvalue weighted by Gasteiger charge is -2.04. The van der Waals surface area contributed by atoms with Crippen LogP contribution in [0.4, 0.5) is 0 Å². The Morgan fingerprint density at radius 2 is 0.707 bits per heavy atom. The minimum atomic E-state index is 1.20. The fourth-order valence-electron chi connectivity index (χ4n) is 6.41. The van der Waals surface area contributed by atoms with E-state index in [1.807, 2.05) is 0 Å². The van der Waals surface area contributed by atoms with E-state index in [1.54, 1.807) is 5.56 Å². The zero-order chi connectivity index (χ0) is 29.3. The quantitative estimate of drug-likeness (QED) is 0.0584. The Morgan fingerprint density at radius 3 is 1.07 bits per heavy atom. The van der Waals surface area contributed by atoms with Crippen LogP contribution in [0.2, 0.25) is 0 Å². The zero-order valence-corrected chi connectivity index (χ0v) is 28.6. The van der Waals surface area contributed by atoms with E-state index < -0.39 is 0 Å². The van der Waals surface area contributed by atoms with E-state index in [0.29, 0.717) is 0 Å². The molecule has 1 aromatic heterocycles. The van der Waals surface area contributed by atoms with E-state index in [-0.39, 0.29) is 0 Å². The predicted octanol–water partition coefficient (Wildman–Crippen LogP) is 13.6. The first-order valence-corrected chi connectivity index (χ1v) is 19.3. The lowest BCUT2D eigenvalue weighted by Crippen LogP contribution is -2.33. The van der Waals surface area contributed by atoms with Crippen molar-refractivity contribution < 1.29 is 4.57 Å². The van der Waals surface area contributed by atoms with Gasteiger partial charge in [-0.25, -0.2) is 4.57 Å². The summed E-state index contributed by atoms with van der Waals surface area (Å²) in [6, 6.07) is 4.61. The molecule has 0 atom stereocenters. The van der Waals surface area contributed by atoms with Crippen LogP contribution in [-0.2, 0) is 13.0 Å². The molecule has 0 saturated carbocycles. The minimum absolute atomic E-state index is 1.20. The lowest BCUT2D eigenvalue weighted by molar-refractivity contribution is -0.697. The molecule has 0 fully saturated rings. The minimum Gasteiger partial charge on any atom is -0.205 e. The second-order valence-electron chi connectivity index (χ2n) is 13.5. The number of hydrogen-bond donors (Lipinski definition) is 0. The number of rotatable bonds is 33. The van der Waals surface area contributed by atoms with E-state index in [4.69, 9.17) is 0 Å². The first kappa shape index (κ1) is 38.2. The lowest BCUT2D eigenvalue weighted by atomic mass is 10.0. The normalized spacial score (nSPS) is 11.5. The fraction of sp³-hybridized carbons (Fsp3) is 0.875. The van der Waals surface area contributed by atoms with Gasteiger partial charge in [-0.3, -0.25) is 0 Å². The highest BCUT2D eigenvalue weighted by Gasteiger charge is 2.03. The molecule has 0 aliphatic rings. The largest absolute Gasteiger partial charge is 0.205 e. The molecule has 0 spiro atoms. The Labute approximate surface area is 260 Å². The molecule has 1 heterocycles. The van der Waals surface area contributed by atoms with Gasteiger partial charge in [-0.1, -0.05) is 194 Å². The first-order valence-electron chi connectivity index (χ1n) is 19.3. The number of nitrogens with zero attached hydrogens (tertiary/aromatic N) is 1. The molecule has 41 heavy (non-hydrogen) atoms. The van der Waals surface area contributed by atoms with Gasteiger partial charge in [0, 0.05) is 18.1 Å². The molecule has 0 aromatic carbocycles. The summed E-state index contributed by atoms with van der Waals surface area (Å²) in [5.74, 6) is 0. The number of aromatic nitrogens is 1. The maximum absolute atomic E-state index is 2.45. The van der Waals surface area contributed by atoms with E-state index in [0.717, 1.165) is 0 Å². The Hall–Kier alpha value is -0.850. The van der Waals surface area contributed by atoms with Crippen LogP contribution in [0.5, 0.6) is 0 Å². The molecule has 0 radical (unpaired) electrons. The summed E-state index contributed by atoms with van der Waals surface area (Å²) < 4.78 is 2.45. The van der Waals surface area contributed by atoms with Crippen molar-refractivity contribution in [2.45, 2.75) is 226 Å². The van der Waals surface area contributed by atoms with E-state index in [2.05, 4.69) is 42.9 Å². The van der Waals surface area contributed by atoms with Crippen molar-refractivity contribution in [1.82, 2.24) is 0 Å². The molecule has 0 amide bonds. The summed E-state index contributed by atoms with van der Waals surface area (Å²) in [6.45, 7) is 5.81. The van der Waals surface area contributed by atoms with Crippen LogP contribution in [-0.4, -0.2) is 0 Å². The summed E-state index contributed by atoms with van der Waals surface area (Å²) in [6.07, 6.45) is 50.8. The second-order valence-corrected chi connectivity index (χ2v) is 13.5. The van der Waals surface area contributed by atoms with Crippen molar-refractivity contribution >= 4 is 0 Å². The highest BCUT2D eigenvalue weighted by Crippen LogP contribution is 2.15. The van der Waals surface area contributed by atoms with Gasteiger partial charge in [0.05, 0.1) is 0 Å². The van der Waals surface area contributed by atoms with Crippen LogP contribution < -0.4 is 4.57 Å². The molecule has 240 valence electrons. The van der Waals surface area contributed by atoms with Crippen LogP contribution >= 0.6 is 0 Å². The molecule has 0 aliphatic carbocycles. The van der Waals surface area contributed by atoms with Crippen molar-refractivity contribution in [2.75, 3.05) is 0 Å². The van der Waals surface area contributed by atoms with Gasteiger partial charge in [0.25, 0.3) is 0 Å². The predicted molar refractivity (Wildman–Crippen MR) is 185 cm³/mol. The maximum Gasteiger partial charge on any atom is 0.171 e. The molecular weight excluding hydrogens is 494 g/mol. The molecular formula is C40H76N+. The van der Waals surface area contributed by atoms with Crippen molar-refractivity contribution in [2.24, 2.45) is 0 Å². The molecule has 0 unspecified atom stereocenters. The van der Waals surface area contributed by atoms with E-state index >= 15 is 0 Å². The Balaban J connectivity index is 1.85.